The van der Waals surface area contributed by atoms with E-state index in [4.69, 9.17) is 5.26 Å². The van der Waals surface area contributed by atoms with Gasteiger partial charge in [0.25, 0.3) is 0 Å². The molecule has 86 valence electrons. The minimum Gasteiger partial charge on any atom is -0.285 e. The molecule has 0 amide bonds. The normalized spacial score (nSPS) is 12.5. The Bertz CT molecular complexity index is 394. The van der Waals surface area contributed by atoms with Crippen molar-refractivity contribution < 1.29 is 8.78 Å². The lowest BCUT2D eigenvalue weighted by Crippen LogP contribution is -2.27. The number of halogens is 2. The molecular formula is C12H14F2N2. The molecule has 1 atom stereocenters. The van der Waals surface area contributed by atoms with Gasteiger partial charge in [-0.25, -0.2) is 8.78 Å². The fourth-order valence-corrected chi connectivity index (χ4v) is 1.64. The maximum absolute atomic E-state index is 13.0. The Morgan fingerprint density at radius 1 is 1.25 bits per heavy atom. The van der Waals surface area contributed by atoms with Gasteiger partial charge in [-0.15, -0.1) is 0 Å². The lowest BCUT2D eigenvalue weighted by molar-refractivity contribution is 0.262. The summed E-state index contributed by atoms with van der Waals surface area (Å²) in [6.07, 6.45) is 0. The molecule has 0 bridgehead atoms. The van der Waals surface area contributed by atoms with Crippen LogP contribution >= 0.6 is 0 Å². The van der Waals surface area contributed by atoms with Crippen LogP contribution < -0.4 is 0 Å². The van der Waals surface area contributed by atoms with Crippen LogP contribution in [0.25, 0.3) is 0 Å². The Morgan fingerprint density at radius 2 is 1.88 bits per heavy atom. The molecule has 0 aliphatic rings. The van der Waals surface area contributed by atoms with Crippen LogP contribution in [0.15, 0.2) is 18.2 Å². The quantitative estimate of drug-likeness (QED) is 0.786. The van der Waals surface area contributed by atoms with Crippen molar-refractivity contribution in [2.24, 2.45) is 0 Å². The lowest BCUT2D eigenvalue weighted by atomic mass is 10.1. The standard InChI is InChI=1S/C12H14F2N2/c1-3-16(4-2)12(8-15)9-5-6-10(13)11(14)7-9/h5-7,12H,3-4H2,1-2H3. The maximum atomic E-state index is 13.0. The molecule has 0 aromatic heterocycles. The predicted molar refractivity (Wildman–Crippen MR) is 57.6 cm³/mol. The molecule has 0 aliphatic carbocycles. The number of benzene rings is 1. The first-order valence-corrected chi connectivity index (χ1v) is 5.22. The number of hydrogen-bond acceptors (Lipinski definition) is 2. The average Bonchev–Trinajstić information content (AvgIpc) is 2.29. The van der Waals surface area contributed by atoms with E-state index in [0.29, 0.717) is 18.7 Å². The van der Waals surface area contributed by atoms with Gasteiger partial charge in [0, 0.05) is 0 Å². The summed E-state index contributed by atoms with van der Waals surface area (Å²) in [7, 11) is 0. The molecule has 16 heavy (non-hydrogen) atoms. The molecule has 1 aromatic rings. The minimum absolute atomic E-state index is 0.491. The summed E-state index contributed by atoms with van der Waals surface area (Å²) in [5, 5.41) is 9.06. The average molecular weight is 224 g/mol. The first-order valence-electron chi connectivity index (χ1n) is 5.22. The van der Waals surface area contributed by atoms with E-state index >= 15 is 0 Å². The molecule has 0 fully saturated rings. The first kappa shape index (κ1) is 12.6. The van der Waals surface area contributed by atoms with E-state index in [2.05, 4.69) is 6.07 Å². The molecular weight excluding hydrogens is 210 g/mol. The molecule has 2 nitrogen and oxygen atoms in total. The summed E-state index contributed by atoms with van der Waals surface area (Å²) in [5.41, 5.74) is 0.491. The van der Waals surface area contributed by atoms with E-state index in [0.717, 1.165) is 12.1 Å². The van der Waals surface area contributed by atoms with Crippen molar-refractivity contribution in [1.29, 1.82) is 5.26 Å². The molecule has 1 unspecified atom stereocenters. The van der Waals surface area contributed by atoms with Crippen LogP contribution in [-0.4, -0.2) is 18.0 Å². The van der Waals surface area contributed by atoms with Crippen molar-refractivity contribution >= 4 is 0 Å². The van der Waals surface area contributed by atoms with Crippen molar-refractivity contribution in [1.82, 2.24) is 4.90 Å². The van der Waals surface area contributed by atoms with Gasteiger partial charge in [-0.3, -0.25) is 4.90 Å². The summed E-state index contributed by atoms with van der Waals surface area (Å²) in [4.78, 5) is 1.88. The number of hydrogen-bond donors (Lipinski definition) is 0. The third-order valence-electron chi connectivity index (χ3n) is 2.56. The van der Waals surface area contributed by atoms with Crippen LogP contribution in [0.3, 0.4) is 0 Å². The van der Waals surface area contributed by atoms with Gasteiger partial charge in [0.05, 0.1) is 6.07 Å². The van der Waals surface area contributed by atoms with Gasteiger partial charge in [0.15, 0.2) is 11.6 Å². The number of nitriles is 1. The van der Waals surface area contributed by atoms with Crippen molar-refractivity contribution in [3.05, 3.63) is 35.4 Å². The van der Waals surface area contributed by atoms with E-state index < -0.39 is 17.7 Å². The third kappa shape index (κ3) is 2.56. The van der Waals surface area contributed by atoms with Crippen LogP contribution in [0.2, 0.25) is 0 Å². The third-order valence-corrected chi connectivity index (χ3v) is 2.56. The van der Waals surface area contributed by atoms with Crippen molar-refractivity contribution in [3.8, 4) is 6.07 Å². The summed E-state index contributed by atoms with van der Waals surface area (Å²) < 4.78 is 25.8. The van der Waals surface area contributed by atoms with Gasteiger partial charge in [-0.2, -0.15) is 5.26 Å². The van der Waals surface area contributed by atoms with Crippen LogP contribution in [0.5, 0.6) is 0 Å². The fraction of sp³-hybridized carbons (Fsp3) is 0.417. The van der Waals surface area contributed by atoms with Crippen LogP contribution in [-0.2, 0) is 0 Å². The molecule has 0 N–H and O–H groups in total. The second-order valence-electron chi connectivity index (χ2n) is 3.43. The van der Waals surface area contributed by atoms with E-state index in [9.17, 15) is 8.78 Å². The smallest absolute Gasteiger partial charge is 0.159 e. The molecule has 1 aromatic carbocycles. The highest BCUT2D eigenvalue weighted by Gasteiger charge is 2.18. The Morgan fingerprint density at radius 3 is 2.31 bits per heavy atom. The summed E-state index contributed by atoms with van der Waals surface area (Å²) >= 11 is 0. The van der Waals surface area contributed by atoms with Crippen LogP contribution in [0.1, 0.15) is 25.5 Å². The molecule has 4 heteroatoms. The topological polar surface area (TPSA) is 27.0 Å². The van der Waals surface area contributed by atoms with Gasteiger partial charge in [-0.05, 0) is 30.8 Å². The summed E-state index contributed by atoms with van der Waals surface area (Å²) in [6.45, 7) is 5.23. The first-order chi connectivity index (χ1) is 7.63. The Hall–Kier alpha value is -1.47. The maximum Gasteiger partial charge on any atom is 0.159 e. The monoisotopic (exact) mass is 224 g/mol. The van der Waals surface area contributed by atoms with E-state index in [1.807, 2.05) is 18.7 Å². The molecule has 0 saturated carbocycles. The second kappa shape index (κ2) is 5.57. The van der Waals surface area contributed by atoms with E-state index in [1.54, 1.807) is 0 Å². The van der Waals surface area contributed by atoms with Crippen molar-refractivity contribution in [2.45, 2.75) is 19.9 Å². The molecule has 0 spiro atoms. The Labute approximate surface area is 94.1 Å². The largest absolute Gasteiger partial charge is 0.285 e. The minimum atomic E-state index is -0.912. The molecule has 0 saturated heterocycles. The highest BCUT2D eigenvalue weighted by atomic mass is 19.2. The molecule has 0 radical (unpaired) electrons. The van der Waals surface area contributed by atoms with Gasteiger partial charge in [0.2, 0.25) is 0 Å². The van der Waals surface area contributed by atoms with Crippen LogP contribution in [0, 0.1) is 23.0 Å². The van der Waals surface area contributed by atoms with Gasteiger partial charge in [-0.1, -0.05) is 19.9 Å². The summed E-state index contributed by atoms with van der Waals surface area (Å²) in [6, 6.07) is 5.17. The number of rotatable bonds is 4. The zero-order valence-corrected chi connectivity index (χ0v) is 9.37. The highest BCUT2D eigenvalue weighted by Crippen LogP contribution is 2.21. The van der Waals surface area contributed by atoms with Gasteiger partial charge < -0.3 is 0 Å². The summed E-state index contributed by atoms with van der Waals surface area (Å²) in [5.74, 6) is -1.80. The lowest BCUT2D eigenvalue weighted by Gasteiger charge is -2.24. The van der Waals surface area contributed by atoms with Crippen LogP contribution in [0.4, 0.5) is 8.78 Å². The van der Waals surface area contributed by atoms with E-state index in [1.165, 1.54) is 6.07 Å². The molecule has 0 aliphatic heterocycles. The predicted octanol–water partition coefficient (Wildman–Crippen LogP) is 2.87. The fourth-order valence-electron chi connectivity index (χ4n) is 1.64. The molecule has 0 heterocycles. The van der Waals surface area contributed by atoms with Crippen molar-refractivity contribution in [2.75, 3.05) is 13.1 Å². The number of nitrogens with zero attached hydrogens (tertiary/aromatic N) is 2. The molecule has 1 rings (SSSR count). The van der Waals surface area contributed by atoms with E-state index in [-0.39, 0.29) is 0 Å². The zero-order valence-electron chi connectivity index (χ0n) is 9.37. The van der Waals surface area contributed by atoms with Gasteiger partial charge in [0.1, 0.15) is 6.04 Å². The Balaban J connectivity index is 3.05. The SMILES string of the molecule is CCN(CC)C(C#N)c1ccc(F)c(F)c1. The highest BCUT2D eigenvalue weighted by molar-refractivity contribution is 5.25. The Kier molecular flexibility index (Phi) is 4.39. The second-order valence-corrected chi connectivity index (χ2v) is 3.43. The van der Waals surface area contributed by atoms with Gasteiger partial charge >= 0.3 is 0 Å². The zero-order chi connectivity index (χ0) is 12.1. The van der Waals surface area contributed by atoms with Crippen molar-refractivity contribution in [3.63, 3.8) is 0 Å².